The summed E-state index contributed by atoms with van der Waals surface area (Å²) in [5, 5.41) is 9.55. The van der Waals surface area contributed by atoms with Crippen molar-refractivity contribution in [2.24, 2.45) is 0 Å². The Balaban J connectivity index is 1.81. The third-order valence-corrected chi connectivity index (χ3v) is 3.10. The first kappa shape index (κ1) is 12.3. The molecule has 1 N–H and O–H groups in total. The van der Waals surface area contributed by atoms with Gasteiger partial charge >= 0.3 is 0 Å². The number of rotatable bonds is 4. The molecule has 0 saturated carbocycles. The van der Waals surface area contributed by atoms with Crippen LogP contribution in [0.1, 0.15) is 12.0 Å². The Kier molecular flexibility index (Phi) is 4.34. The van der Waals surface area contributed by atoms with E-state index in [1.807, 2.05) is 0 Å². The van der Waals surface area contributed by atoms with Crippen molar-refractivity contribution in [3.05, 3.63) is 29.6 Å². The lowest BCUT2D eigenvalue weighted by atomic mass is 10.1. The number of hydrogen-bond acceptors (Lipinski definition) is 3. The number of phenols is 1. The van der Waals surface area contributed by atoms with Gasteiger partial charge in [-0.1, -0.05) is 6.07 Å². The minimum atomic E-state index is -0.313. The van der Waals surface area contributed by atoms with E-state index in [0.717, 1.165) is 39.3 Å². The number of benzene rings is 1. The summed E-state index contributed by atoms with van der Waals surface area (Å²) in [7, 11) is 0. The van der Waals surface area contributed by atoms with Gasteiger partial charge in [-0.05, 0) is 31.5 Å². The number of phenolic OH excluding ortho intramolecular Hbond substituents is 1. The molecule has 1 aliphatic rings. The molecule has 94 valence electrons. The van der Waals surface area contributed by atoms with Gasteiger partial charge in [-0.15, -0.1) is 0 Å². The number of ether oxygens (including phenoxy) is 1. The highest BCUT2D eigenvalue weighted by molar-refractivity contribution is 5.33. The quantitative estimate of drug-likeness (QED) is 0.869. The fourth-order valence-corrected chi connectivity index (χ4v) is 2.10. The predicted molar refractivity (Wildman–Crippen MR) is 63.6 cm³/mol. The molecule has 1 saturated heterocycles. The second-order valence-corrected chi connectivity index (χ2v) is 4.30. The normalized spacial score (nSPS) is 17.2. The second-order valence-electron chi connectivity index (χ2n) is 4.30. The van der Waals surface area contributed by atoms with Crippen LogP contribution in [0.5, 0.6) is 5.75 Å². The Morgan fingerprint density at radius 2 is 2.06 bits per heavy atom. The van der Waals surface area contributed by atoms with E-state index in [1.165, 1.54) is 18.2 Å². The molecule has 1 aromatic carbocycles. The minimum absolute atomic E-state index is 0.0620. The highest BCUT2D eigenvalue weighted by Crippen LogP contribution is 2.21. The molecule has 0 amide bonds. The van der Waals surface area contributed by atoms with Gasteiger partial charge in [0, 0.05) is 18.7 Å². The number of nitrogens with zero attached hydrogens (tertiary/aromatic N) is 1. The van der Waals surface area contributed by atoms with E-state index < -0.39 is 0 Å². The fourth-order valence-electron chi connectivity index (χ4n) is 2.10. The SMILES string of the molecule is Oc1cccc(F)c1CCCN1CCOCC1. The van der Waals surface area contributed by atoms with Crippen molar-refractivity contribution in [2.75, 3.05) is 32.8 Å². The summed E-state index contributed by atoms with van der Waals surface area (Å²) in [4.78, 5) is 2.31. The van der Waals surface area contributed by atoms with E-state index in [0.29, 0.717) is 12.0 Å². The lowest BCUT2D eigenvalue weighted by Gasteiger charge is -2.26. The molecule has 17 heavy (non-hydrogen) atoms. The van der Waals surface area contributed by atoms with Gasteiger partial charge in [0.1, 0.15) is 11.6 Å². The number of halogens is 1. The van der Waals surface area contributed by atoms with Crippen molar-refractivity contribution >= 4 is 0 Å². The summed E-state index contributed by atoms with van der Waals surface area (Å²) in [6.07, 6.45) is 1.43. The van der Waals surface area contributed by atoms with E-state index >= 15 is 0 Å². The third-order valence-electron chi connectivity index (χ3n) is 3.10. The Morgan fingerprint density at radius 3 is 2.76 bits per heavy atom. The minimum Gasteiger partial charge on any atom is -0.508 e. The van der Waals surface area contributed by atoms with Crippen molar-refractivity contribution in [3.63, 3.8) is 0 Å². The van der Waals surface area contributed by atoms with Gasteiger partial charge in [-0.3, -0.25) is 4.90 Å². The summed E-state index contributed by atoms with van der Waals surface area (Å²) in [6.45, 7) is 4.39. The Labute approximate surface area is 101 Å². The molecule has 0 unspecified atom stereocenters. The first-order valence-electron chi connectivity index (χ1n) is 6.04. The van der Waals surface area contributed by atoms with E-state index in [2.05, 4.69) is 4.90 Å². The maximum absolute atomic E-state index is 13.4. The first-order valence-corrected chi connectivity index (χ1v) is 6.04. The van der Waals surface area contributed by atoms with E-state index in [-0.39, 0.29) is 11.6 Å². The first-order chi connectivity index (χ1) is 8.27. The predicted octanol–water partition coefficient (Wildman–Crippen LogP) is 1.80. The summed E-state index contributed by atoms with van der Waals surface area (Å²) in [5.41, 5.74) is 0.431. The topological polar surface area (TPSA) is 32.7 Å². The zero-order valence-corrected chi connectivity index (χ0v) is 9.86. The average molecular weight is 239 g/mol. The molecule has 1 aliphatic heterocycles. The van der Waals surface area contributed by atoms with Gasteiger partial charge < -0.3 is 9.84 Å². The Morgan fingerprint density at radius 1 is 1.29 bits per heavy atom. The van der Waals surface area contributed by atoms with Crippen LogP contribution in [0, 0.1) is 5.82 Å². The number of hydrogen-bond donors (Lipinski definition) is 1. The van der Waals surface area contributed by atoms with Gasteiger partial charge in [-0.2, -0.15) is 0 Å². The maximum atomic E-state index is 13.4. The van der Waals surface area contributed by atoms with Crippen molar-refractivity contribution in [3.8, 4) is 5.75 Å². The third kappa shape index (κ3) is 3.41. The Hall–Kier alpha value is -1.13. The molecule has 0 aliphatic carbocycles. The molecule has 0 spiro atoms. The van der Waals surface area contributed by atoms with Gasteiger partial charge in [-0.25, -0.2) is 4.39 Å². The molecule has 1 aromatic rings. The van der Waals surface area contributed by atoms with Gasteiger partial charge in [0.25, 0.3) is 0 Å². The van der Waals surface area contributed by atoms with Crippen LogP contribution in [0.4, 0.5) is 4.39 Å². The van der Waals surface area contributed by atoms with Crippen LogP contribution < -0.4 is 0 Å². The van der Waals surface area contributed by atoms with Gasteiger partial charge in [0.2, 0.25) is 0 Å². The molecule has 0 bridgehead atoms. The second kappa shape index (κ2) is 5.98. The lowest BCUT2D eigenvalue weighted by molar-refractivity contribution is 0.0374. The summed E-state index contributed by atoms with van der Waals surface area (Å²) < 4.78 is 18.7. The van der Waals surface area contributed by atoms with Crippen molar-refractivity contribution in [2.45, 2.75) is 12.8 Å². The van der Waals surface area contributed by atoms with Crippen LogP contribution in [0.2, 0.25) is 0 Å². The fraction of sp³-hybridized carbons (Fsp3) is 0.538. The summed E-state index contributed by atoms with van der Waals surface area (Å²) in [5.74, 6) is -0.251. The molecule has 0 atom stereocenters. The van der Waals surface area contributed by atoms with Crippen LogP contribution in [-0.2, 0) is 11.2 Å². The highest BCUT2D eigenvalue weighted by atomic mass is 19.1. The van der Waals surface area contributed by atoms with E-state index in [4.69, 9.17) is 4.74 Å². The Bertz CT molecular complexity index is 344. The monoisotopic (exact) mass is 239 g/mol. The summed E-state index contributed by atoms with van der Waals surface area (Å²) in [6, 6.07) is 4.45. The van der Waals surface area contributed by atoms with E-state index in [1.54, 1.807) is 0 Å². The number of aromatic hydroxyl groups is 1. The molecule has 1 heterocycles. The zero-order chi connectivity index (χ0) is 12.1. The van der Waals surface area contributed by atoms with Gasteiger partial charge in [0.05, 0.1) is 13.2 Å². The summed E-state index contributed by atoms with van der Waals surface area (Å²) >= 11 is 0. The highest BCUT2D eigenvalue weighted by Gasteiger charge is 2.11. The number of morpholine rings is 1. The largest absolute Gasteiger partial charge is 0.508 e. The van der Waals surface area contributed by atoms with Crippen LogP contribution >= 0.6 is 0 Å². The molecule has 0 aromatic heterocycles. The van der Waals surface area contributed by atoms with Crippen LogP contribution in [0.15, 0.2) is 18.2 Å². The maximum Gasteiger partial charge on any atom is 0.130 e. The van der Waals surface area contributed by atoms with Crippen molar-refractivity contribution in [1.29, 1.82) is 0 Å². The molecule has 4 heteroatoms. The zero-order valence-electron chi connectivity index (χ0n) is 9.86. The molecule has 1 fully saturated rings. The molecule has 3 nitrogen and oxygen atoms in total. The standard InChI is InChI=1S/C13H18FNO2/c14-12-4-1-5-13(16)11(12)3-2-6-15-7-9-17-10-8-15/h1,4-5,16H,2-3,6-10H2. The van der Waals surface area contributed by atoms with Crippen LogP contribution in [0.3, 0.4) is 0 Å². The van der Waals surface area contributed by atoms with Crippen molar-refractivity contribution in [1.82, 2.24) is 4.90 Å². The molecular weight excluding hydrogens is 221 g/mol. The average Bonchev–Trinajstić information content (AvgIpc) is 2.34. The van der Waals surface area contributed by atoms with Crippen LogP contribution in [0.25, 0.3) is 0 Å². The molecular formula is C13H18FNO2. The van der Waals surface area contributed by atoms with Crippen LogP contribution in [-0.4, -0.2) is 42.9 Å². The molecule has 2 rings (SSSR count). The van der Waals surface area contributed by atoms with Crippen molar-refractivity contribution < 1.29 is 14.2 Å². The molecule has 0 radical (unpaired) electrons. The van der Waals surface area contributed by atoms with E-state index in [9.17, 15) is 9.50 Å². The smallest absolute Gasteiger partial charge is 0.130 e. The lowest BCUT2D eigenvalue weighted by Crippen LogP contribution is -2.36. The van der Waals surface area contributed by atoms with Gasteiger partial charge in [0.15, 0.2) is 0 Å².